The summed E-state index contributed by atoms with van der Waals surface area (Å²) in [7, 11) is 1.43. The van der Waals surface area contributed by atoms with Crippen molar-refractivity contribution < 1.29 is 37.3 Å². The van der Waals surface area contributed by atoms with Crippen molar-refractivity contribution in [1.29, 1.82) is 0 Å². The summed E-state index contributed by atoms with van der Waals surface area (Å²) in [4.78, 5) is 37.7. The van der Waals surface area contributed by atoms with Crippen LogP contribution in [0, 0.1) is 0 Å². The van der Waals surface area contributed by atoms with Gasteiger partial charge < -0.3 is 19.4 Å². The summed E-state index contributed by atoms with van der Waals surface area (Å²) < 4.78 is 30.7. The third-order valence-corrected chi connectivity index (χ3v) is 14.8. The van der Waals surface area contributed by atoms with Crippen LogP contribution in [0.2, 0.25) is 0 Å². The Bertz CT molecular complexity index is 1930. The van der Waals surface area contributed by atoms with E-state index < -0.39 is 20.0 Å². The van der Waals surface area contributed by atoms with Gasteiger partial charge in [-0.15, -0.1) is 0 Å². The van der Waals surface area contributed by atoms with Gasteiger partial charge in [-0.3, -0.25) is 18.6 Å². The molecule has 0 aliphatic heterocycles. The van der Waals surface area contributed by atoms with Crippen LogP contribution in [0.15, 0.2) is 146 Å². The van der Waals surface area contributed by atoms with Gasteiger partial charge in [-0.1, -0.05) is 270 Å². The van der Waals surface area contributed by atoms with Crippen molar-refractivity contribution in [2.45, 2.75) is 264 Å². The Morgan fingerprint density at radius 3 is 1.18 bits per heavy atom. The SMILES string of the molecule is CC/C=C\C/C=C\C/C=C\C/C=C\C/C=C\C/C=C\CCC(=O)NC(COP(=O)(O)OCC[N+](C)(C)C)C(/C=C\CCCCCCCCCCC)OC(=O)CCCCCCCCCCCCC/C=C\C/C=C\C/C=C\C/C=C\C/C=C\CC. The first-order valence-corrected chi connectivity index (χ1v) is 34.7. The van der Waals surface area contributed by atoms with E-state index in [-0.39, 0.29) is 37.9 Å². The van der Waals surface area contributed by atoms with Crippen molar-refractivity contribution in [3.8, 4) is 0 Å². The van der Waals surface area contributed by atoms with Crippen LogP contribution in [-0.4, -0.2) is 74.3 Å². The summed E-state index contributed by atoms with van der Waals surface area (Å²) in [6, 6.07) is -0.900. The van der Waals surface area contributed by atoms with Gasteiger partial charge in [0.25, 0.3) is 0 Å². The van der Waals surface area contributed by atoms with Gasteiger partial charge >= 0.3 is 13.8 Å². The Kier molecular flexibility index (Phi) is 58.0. The van der Waals surface area contributed by atoms with Crippen LogP contribution >= 0.6 is 7.82 Å². The first-order chi connectivity index (χ1) is 40.4. The second-order valence-corrected chi connectivity index (χ2v) is 24.3. The lowest BCUT2D eigenvalue weighted by Gasteiger charge is -2.27. The van der Waals surface area contributed by atoms with E-state index in [2.05, 4.69) is 154 Å². The van der Waals surface area contributed by atoms with Crippen molar-refractivity contribution in [2.24, 2.45) is 0 Å². The number of likely N-dealkylation sites (N-methyl/N-ethyl adjacent to an activating group) is 1. The number of phosphoric acid groups is 1. The highest BCUT2D eigenvalue weighted by atomic mass is 31.2. The molecule has 0 aromatic heterocycles. The molecule has 0 aromatic rings. The van der Waals surface area contributed by atoms with Gasteiger partial charge in [0, 0.05) is 12.8 Å². The van der Waals surface area contributed by atoms with Crippen LogP contribution in [-0.2, 0) is 27.9 Å². The maximum atomic E-state index is 13.5. The normalized spacial score (nSPS) is 14.5. The molecule has 1 amide bonds. The van der Waals surface area contributed by atoms with Gasteiger partial charge in [-0.2, -0.15) is 0 Å². The number of phosphoric ester groups is 1. The minimum absolute atomic E-state index is 0.0186. The molecule has 0 aliphatic rings. The summed E-state index contributed by atoms with van der Waals surface area (Å²) in [5, 5.41) is 3.00. The average molecular weight is 1170 g/mol. The zero-order valence-electron chi connectivity index (χ0n) is 53.9. The number of quaternary nitrogens is 1. The zero-order valence-corrected chi connectivity index (χ0v) is 54.8. The number of esters is 1. The summed E-state index contributed by atoms with van der Waals surface area (Å²) >= 11 is 0. The van der Waals surface area contributed by atoms with E-state index >= 15 is 0 Å². The molecule has 0 radical (unpaired) electrons. The molecular formula is C73H124N2O7P+. The number of allylic oxidation sites excluding steroid dienone is 23. The molecule has 0 heterocycles. The molecular weight excluding hydrogens is 1050 g/mol. The molecule has 3 atom stereocenters. The summed E-state index contributed by atoms with van der Waals surface area (Å²) in [6.45, 7) is 6.71. The molecule has 472 valence electrons. The lowest BCUT2D eigenvalue weighted by atomic mass is 10.0. The topological polar surface area (TPSA) is 111 Å². The van der Waals surface area contributed by atoms with E-state index in [9.17, 15) is 19.0 Å². The monoisotopic (exact) mass is 1170 g/mol. The molecule has 10 heteroatoms. The van der Waals surface area contributed by atoms with Crippen molar-refractivity contribution in [3.63, 3.8) is 0 Å². The Morgan fingerprint density at radius 1 is 0.434 bits per heavy atom. The highest BCUT2D eigenvalue weighted by molar-refractivity contribution is 7.47. The summed E-state index contributed by atoms with van der Waals surface area (Å²) in [5.41, 5.74) is 0. The molecule has 83 heavy (non-hydrogen) atoms. The third kappa shape index (κ3) is 62.2. The number of unbranched alkanes of at least 4 members (excludes halogenated alkanes) is 20. The zero-order chi connectivity index (χ0) is 60.7. The molecule has 0 fully saturated rings. The molecule has 0 bridgehead atoms. The molecule has 0 saturated carbocycles. The lowest BCUT2D eigenvalue weighted by molar-refractivity contribution is -0.870. The molecule has 0 saturated heterocycles. The van der Waals surface area contributed by atoms with Gasteiger partial charge in [-0.25, -0.2) is 4.57 Å². The predicted molar refractivity (Wildman–Crippen MR) is 359 cm³/mol. The molecule has 0 aliphatic carbocycles. The van der Waals surface area contributed by atoms with Gasteiger partial charge in [0.1, 0.15) is 19.3 Å². The number of amides is 1. The van der Waals surface area contributed by atoms with E-state index in [0.29, 0.717) is 17.4 Å². The third-order valence-electron chi connectivity index (χ3n) is 13.8. The molecule has 3 unspecified atom stereocenters. The minimum atomic E-state index is -4.48. The second kappa shape index (κ2) is 61.0. The van der Waals surface area contributed by atoms with Gasteiger partial charge in [0.15, 0.2) is 0 Å². The van der Waals surface area contributed by atoms with E-state index in [4.69, 9.17) is 13.8 Å². The van der Waals surface area contributed by atoms with Crippen LogP contribution in [0.1, 0.15) is 252 Å². The van der Waals surface area contributed by atoms with Crippen LogP contribution in [0.3, 0.4) is 0 Å². The van der Waals surface area contributed by atoms with Crippen molar-refractivity contribution in [1.82, 2.24) is 5.32 Å². The molecule has 9 nitrogen and oxygen atoms in total. The summed E-state index contributed by atoms with van der Waals surface area (Å²) in [6.07, 6.45) is 88.8. The smallest absolute Gasteiger partial charge is 0.456 e. The molecule has 0 aromatic carbocycles. The number of ether oxygens (including phenoxy) is 1. The van der Waals surface area contributed by atoms with Crippen LogP contribution in [0.25, 0.3) is 0 Å². The number of nitrogens with one attached hydrogen (secondary N) is 1. The van der Waals surface area contributed by atoms with E-state index in [1.807, 2.05) is 39.4 Å². The summed E-state index contributed by atoms with van der Waals surface area (Å²) in [5.74, 6) is -0.616. The highest BCUT2D eigenvalue weighted by Gasteiger charge is 2.30. The highest BCUT2D eigenvalue weighted by Crippen LogP contribution is 2.43. The number of nitrogens with zero attached hydrogens (tertiary/aromatic N) is 1. The second-order valence-electron chi connectivity index (χ2n) is 22.9. The predicted octanol–water partition coefficient (Wildman–Crippen LogP) is 21.0. The standard InChI is InChI=1S/C73H123N2O7P/c1-7-10-13-16-19-22-25-27-29-31-33-34-35-36-37-38-39-40-42-44-46-48-51-54-57-60-63-66-73(77)82-71(64-61-58-55-52-49-24-21-18-15-12-9-3)70(69-81-83(78,79)80-68-67-75(4,5)6)74-72(76)65-62-59-56-53-50-47-45-43-41-32-30-28-26-23-20-17-14-11-8-2/h10-11,13-14,19-20,22-23,27-30,33-34,36-37,41,43,47,50,56,59,61,64,70-71H,7-9,12,15-18,21,24-26,31-32,35,38-40,42,44-46,48-49,51-55,57-58,60,62-63,65-69H2,1-6H3,(H-,74,76,78,79)/p+1/b13-10-,14-11-,22-19-,23-20-,29-27-,30-28-,34-33-,37-36-,43-41-,50-47-,59-56-,64-61-. The largest absolute Gasteiger partial charge is 0.472 e. The maximum Gasteiger partial charge on any atom is 0.472 e. The number of carbonyl (C=O) groups is 2. The first kappa shape index (κ1) is 78.9. The van der Waals surface area contributed by atoms with Crippen molar-refractivity contribution in [3.05, 3.63) is 146 Å². The molecule has 2 N–H and O–H groups in total. The number of hydrogen-bond acceptors (Lipinski definition) is 6. The Balaban J connectivity index is 5.18. The average Bonchev–Trinajstić information content (AvgIpc) is 3.52. The van der Waals surface area contributed by atoms with Crippen molar-refractivity contribution in [2.75, 3.05) is 40.9 Å². The fourth-order valence-electron chi connectivity index (χ4n) is 8.75. The minimum Gasteiger partial charge on any atom is -0.456 e. The molecule has 0 rings (SSSR count). The van der Waals surface area contributed by atoms with Crippen LogP contribution in [0.5, 0.6) is 0 Å². The Morgan fingerprint density at radius 2 is 0.783 bits per heavy atom. The molecule has 0 spiro atoms. The fourth-order valence-corrected chi connectivity index (χ4v) is 9.49. The Labute approximate surface area is 510 Å². The van der Waals surface area contributed by atoms with Crippen LogP contribution < -0.4 is 5.32 Å². The van der Waals surface area contributed by atoms with Gasteiger partial charge in [-0.05, 0) is 115 Å². The van der Waals surface area contributed by atoms with Gasteiger partial charge in [0.05, 0.1) is 33.8 Å². The van der Waals surface area contributed by atoms with E-state index in [1.165, 1.54) is 89.9 Å². The lowest BCUT2D eigenvalue weighted by Crippen LogP contribution is -2.47. The van der Waals surface area contributed by atoms with Crippen LogP contribution in [0.4, 0.5) is 0 Å². The number of rotatable bonds is 58. The number of carbonyl (C=O) groups excluding carboxylic acids is 2. The maximum absolute atomic E-state index is 13.5. The van der Waals surface area contributed by atoms with Gasteiger partial charge in [0.2, 0.25) is 5.91 Å². The fraction of sp³-hybridized carbons (Fsp3) is 0.644. The van der Waals surface area contributed by atoms with E-state index in [0.717, 1.165) is 122 Å². The quantitative estimate of drug-likeness (QED) is 0.0205. The van der Waals surface area contributed by atoms with Crippen molar-refractivity contribution >= 4 is 19.7 Å². The number of hydrogen-bond donors (Lipinski definition) is 2. The Hall–Kier alpha value is -4.11. The first-order valence-electron chi connectivity index (χ1n) is 33.2. The van der Waals surface area contributed by atoms with E-state index in [1.54, 1.807) is 0 Å².